The normalized spacial score (nSPS) is 10.1. The fourth-order valence-corrected chi connectivity index (χ4v) is 1.38. The molecule has 0 amide bonds. The molecule has 4 nitrogen and oxygen atoms in total. The summed E-state index contributed by atoms with van der Waals surface area (Å²) < 4.78 is 10.4. The maximum atomic E-state index is 10.3. The second kappa shape index (κ2) is 6.12. The first-order chi connectivity index (χ1) is 7.63. The standard InChI is InChI=1S/C12H16O4/c1-9-7-10(3-4-11(9)15-2)8-16-6-5-12(13)14/h3-4,7H,5-6,8H2,1-2H3,(H,13,14). The number of carboxylic acids is 1. The van der Waals surface area contributed by atoms with Crippen molar-refractivity contribution >= 4 is 5.97 Å². The molecular formula is C12H16O4. The number of rotatable bonds is 6. The predicted octanol–water partition coefficient (Wildman–Crippen LogP) is 1.99. The van der Waals surface area contributed by atoms with Crippen molar-refractivity contribution in [1.29, 1.82) is 0 Å². The second-order valence-electron chi connectivity index (χ2n) is 3.50. The van der Waals surface area contributed by atoms with E-state index in [0.717, 1.165) is 16.9 Å². The fourth-order valence-electron chi connectivity index (χ4n) is 1.38. The van der Waals surface area contributed by atoms with Crippen molar-refractivity contribution in [2.75, 3.05) is 13.7 Å². The molecule has 0 heterocycles. The van der Waals surface area contributed by atoms with E-state index in [9.17, 15) is 4.79 Å². The number of benzene rings is 1. The minimum atomic E-state index is -0.842. The van der Waals surface area contributed by atoms with Crippen LogP contribution in [-0.4, -0.2) is 24.8 Å². The Bertz CT molecular complexity index is 360. The fraction of sp³-hybridized carbons (Fsp3) is 0.417. The molecule has 1 N–H and O–H groups in total. The van der Waals surface area contributed by atoms with Crippen molar-refractivity contribution in [2.45, 2.75) is 20.0 Å². The third-order valence-electron chi connectivity index (χ3n) is 2.19. The summed E-state index contributed by atoms with van der Waals surface area (Å²) in [5.41, 5.74) is 2.06. The molecule has 1 aromatic carbocycles. The van der Waals surface area contributed by atoms with Crippen LogP contribution >= 0.6 is 0 Å². The Morgan fingerprint density at radius 1 is 1.44 bits per heavy atom. The predicted molar refractivity (Wildman–Crippen MR) is 59.6 cm³/mol. The van der Waals surface area contributed by atoms with E-state index in [1.807, 2.05) is 25.1 Å². The minimum Gasteiger partial charge on any atom is -0.496 e. The Labute approximate surface area is 94.8 Å². The van der Waals surface area contributed by atoms with Crippen molar-refractivity contribution in [2.24, 2.45) is 0 Å². The molecule has 0 fully saturated rings. The van der Waals surface area contributed by atoms with E-state index in [4.69, 9.17) is 14.6 Å². The lowest BCUT2D eigenvalue weighted by atomic mass is 10.1. The van der Waals surface area contributed by atoms with Crippen LogP contribution in [0, 0.1) is 6.92 Å². The van der Waals surface area contributed by atoms with Gasteiger partial charge in [0.2, 0.25) is 0 Å². The summed E-state index contributed by atoms with van der Waals surface area (Å²) in [6, 6.07) is 5.76. The van der Waals surface area contributed by atoms with Gasteiger partial charge in [-0.15, -0.1) is 0 Å². The van der Waals surface area contributed by atoms with Gasteiger partial charge >= 0.3 is 5.97 Å². The first-order valence-electron chi connectivity index (χ1n) is 5.06. The third-order valence-corrected chi connectivity index (χ3v) is 2.19. The number of hydrogen-bond acceptors (Lipinski definition) is 3. The average Bonchev–Trinajstić information content (AvgIpc) is 2.24. The molecule has 0 aliphatic carbocycles. The van der Waals surface area contributed by atoms with Gasteiger partial charge in [0.25, 0.3) is 0 Å². The maximum absolute atomic E-state index is 10.3. The first kappa shape index (κ1) is 12.5. The summed E-state index contributed by atoms with van der Waals surface area (Å²) in [6.07, 6.45) is 0.0368. The lowest BCUT2D eigenvalue weighted by Gasteiger charge is -2.07. The van der Waals surface area contributed by atoms with Crippen LogP contribution < -0.4 is 4.74 Å². The summed E-state index contributed by atoms with van der Waals surface area (Å²) in [4.78, 5) is 10.3. The first-order valence-corrected chi connectivity index (χ1v) is 5.06. The highest BCUT2D eigenvalue weighted by atomic mass is 16.5. The summed E-state index contributed by atoms with van der Waals surface area (Å²) in [7, 11) is 1.63. The van der Waals surface area contributed by atoms with E-state index < -0.39 is 5.97 Å². The molecule has 0 aliphatic heterocycles. The van der Waals surface area contributed by atoms with Crippen LogP contribution in [0.5, 0.6) is 5.75 Å². The quantitative estimate of drug-likeness (QED) is 0.751. The Morgan fingerprint density at radius 3 is 2.75 bits per heavy atom. The molecule has 1 rings (SSSR count). The van der Waals surface area contributed by atoms with Crippen molar-refractivity contribution < 1.29 is 19.4 Å². The maximum Gasteiger partial charge on any atom is 0.305 e. The molecule has 0 aliphatic rings. The largest absolute Gasteiger partial charge is 0.496 e. The zero-order chi connectivity index (χ0) is 12.0. The van der Waals surface area contributed by atoms with Crippen LogP contribution in [0.15, 0.2) is 18.2 Å². The van der Waals surface area contributed by atoms with E-state index in [2.05, 4.69) is 0 Å². The Kier molecular flexibility index (Phi) is 4.79. The van der Waals surface area contributed by atoms with Crippen molar-refractivity contribution in [3.05, 3.63) is 29.3 Å². The number of aryl methyl sites for hydroxylation is 1. The zero-order valence-corrected chi connectivity index (χ0v) is 9.53. The lowest BCUT2D eigenvalue weighted by molar-refractivity contribution is -0.138. The van der Waals surface area contributed by atoms with Gasteiger partial charge in [-0.25, -0.2) is 0 Å². The Hall–Kier alpha value is -1.55. The highest BCUT2D eigenvalue weighted by Crippen LogP contribution is 2.18. The van der Waals surface area contributed by atoms with Gasteiger partial charge in [-0.05, 0) is 24.1 Å². The van der Waals surface area contributed by atoms with Gasteiger partial charge in [-0.1, -0.05) is 12.1 Å². The summed E-state index contributed by atoms with van der Waals surface area (Å²) in [5.74, 6) is 0.000183. The van der Waals surface area contributed by atoms with Gasteiger partial charge in [-0.3, -0.25) is 4.79 Å². The van der Waals surface area contributed by atoms with Crippen molar-refractivity contribution in [3.63, 3.8) is 0 Å². The summed E-state index contributed by atoms with van der Waals surface area (Å²) in [6.45, 7) is 2.62. The van der Waals surface area contributed by atoms with Gasteiger partial charge in [0.15, 0.2) is 0 Å². The molecule has 1 aromatic rings. The van der Waals surface area contributed by atoms with Crippen LogP contribution in [-0.2, 0) is 16.1 Å². The number of carboxylic acid groups (broad SMARTS) is 1. The number of ether oxygens (including phenoxy) is 2. The van der Waals surface area contributed by atoms with Gasteiger partial charge in [-0.2, -0.15) is 0 Å². The Balaban J connectivity index is 2.43. The Morgan fingerprint density at radius 2 is 2.19 bits per heavy atom. The number of methoxy groups -OCH3 is 1. The minimum absolute atomic E-state index is 0.0368. The summed E-state index contributed by atoms with van der Waals surface area (Å²) >= 11 is 0. The second-order valence-corrected chi connectivity index (χ2v) is 3.50. The molecular weight excluding hydrogens is 208 g/mol. The third kappa shape index (κ3) is 3.90. The highest BCUT2D eigenvalue weighted by Gasteiger charge is 2.01. The molecule has 0 spiro atoms. The van der Waals surface area contributed by atoms with Crippen LogP contribution in [0.3, 0.4) is 0 Å². The molecule has 88 valence electrons. The average molecular weight is 224 g/mol. The van der Waals surface area contributed by atoms with E-state index in [1.54, 1.807) is 7.11 Å². The summed E-state index contributed by atoms with van der Waals surface area (Å²) in [5, 5.41) is 8.43. The number of aliphatic carboxylic acids is 1. The molecule has 0 atom stereocenters. The van der Waals surface area contributed by atoms with E-state index in [0.29, 0.717) is 6.61 Å². The molecule has 0 radical (unpaired) electrons. The molecule has 0 unspecified atom stereocenters. The van der Waals surface area contributed by atoms with Gasteiger partial charge in [0.05, 0.1) is 26.7 Å². The molecule has 0 bridgehead atoms. The van der Waals surface area contributed by atoms with Gasteiger partial charge < -0.3 is 14.6 Å². The van der Waals surface area contributed by atoms with Gasteiger partial charge in [0.1, 0.15) is 5.75 Å². The van der Waals surface area contributed by atoms with Crippen LogP contribution in [0.25, 0.3) is 0 Å². The smallest absolute Gasteiger partial charge is 0.305 e. The molecule has 0 aromatic heterocycles. The van der Waals surface area contributed by atoms with E-state index in [1.165, 1.54) is 0 Å². The van der Waals surface area contributed by atoms with Crippen LogP contribution in [0.2, 0.25) is 0 Å². The molecule has 4 heteroatoms. The lowest BCUT2D eigenvalue weighted by Crippen LogP contribution is -2.02. The van der Waals surface area contributed by atoms with Crippen LogP contribution in [0.1, 0.15) is 17.5 Å². The topological polar surface area (TPSA) is 55.8 Å². The molecule has 16 heavy (non-hydrogen) atoms. The molecule has 0 saturated carbocycles. The highest BCUT2D eigenvalue weighted by molar-refractivity contribution is 5.66. The van der Waals surface area contributed by atoms with Crippen LogP contribution in [0.4, 0.5) is 0 Å². The van der Waals surface area contributed by atoms with E-state index in [-0.39, 0.29) is 13.0 Å². The number of carbonyl (C=O) groups is 1. The zero-order valence-electron chi connectivity index (χ0n) is 9.53. The SMILES string of the molecule is COc1ccc(COCCC(=O)O)cc1C. The van der Waals surface area contributed by atoms with Gasteiger partial charge in [0, 0.05) is 0 Å². The van der Waals surface area contributed by atoms with Crippen molar-refractivity contribution in [1.82, 2.24) is 0 Å². The van der Waals surface area contributed by atoms with Crippen molar-refractivity contribution in [3.8, 4) is 5.75 Å². The number of hydrogen-bond donors (Lipinski definition) is 1. The molecule has 0 saturated heterocycles. The monoisotopic (exact) mass is 224 g/mol. The van der Waals surface area contributed by atoms with E-state index >= 15 is 0 Å².